The van der Waals surface area contributed by atoms with Crippen LogP contribution in [-0.2, 0) is 23.8 Å². The summed E-state index contributed by atoms with van der Waals surface area (Å²) in [5.41, 5.74) is 0. The Bertz CT molecular complexity index is 1290. The van der Waals surface area contributed by atoms with Crippen LogP contribution in [-0.4, -0.2) is 99.6 Å². The summed E-state index contributed by atoms with van der Waals surface area (Å²) in [6, 6.07) is -1.02. The predicted molar refractivity (Wildman–Crippen MR) is 278 cm³/mol. The molecule has 11 heteroatoms. The zero-order valence-electron chi connectivity index (χ0n) is 43.5. The molecule has 1 amide bonds. The molecule has 0 radical (unpaired) electrons. The number of nitrogens with one attached hydrogen (secondary N) is 1. The van der Waals surface area contributed by atoms with Crippen molar-refractivity contribution >= 4 is 11.9 Å². The molecule has 8 atom stereocenters. The van der Waals surface area contributed by atoms with E-state index in [1.165, 1.54) is 109 Å². The number of unbranched alkanes of at least 4 members (excludes halogenated alkanes) is 26. The topological polar surface area (TPSA) is 175 Å². The third kappa shape index (κ3) is 34.0. The molecule has 68 heavy (non-hydrogen) atoms. The summed E-state index contributed by atoms with van der Waals surface area (Å²) in [6.45, 7) is 5.71. The molecule has 0 aromatic heterocycles. The standard InChI is InChI=1S/C57H103NO10/c1-4-7-10-13-16-19-22-24-25-26-27-28-30-33-36-39-42-45-52(62)68-55-54(64)53(63)51(46-59)67-57(55)66-47-48(49(60)43-40-37-34-32-29-23-20-17-14-11-8-5-2)58-56(65)50(61)44-41-38-35-31-21-18-15-12-9-6-3/h16,19,24-25,27-28,40,43,48-51,53-55,57,59-61,63-64H,4-15,17-18,20-23,26,29-39,41-42,44-47H2,1-3H3,(H,58,65)/b19-16-,25-24-,28-27-,43-40+. The second kappa shape index (κ2) is 45.7. The molecule has 0 saturated carbocycles. The van der Waals surface area contributed by atoms with Gasteiger partial charge in [0.05, 0.1) is 25.4 Å². The summed E-state index contributed by atoms with van der Waals surface area (Å²) in [4.78, 5) is 26.4. The third-order valence-corrected chi connectivity index (χ3v) is 13.0. The van der Waals surface area contributed by atoms with Crippen LogP contribution in [0.15, 0.2) is 48.6 Å². The summed E-state index contributed by atoms with van der Waals surface area (Å²) in [7, 11) is 0. The summed E-state index contributed by atoms with van der Waals surface area (Å²) in [5, 5.41) is 56.6. The zero-order chi connectivity index (χ0) is 49.7. The fourth-order valence-corrected chi connectivity index (χ4v) is 8.48. The SMILES string of the molecule is CCCCC/C=C\C/C=C\C/C=C\CCCCCCC(=O)OC1C(OCC(NC(=O)C(O)CCCCCCCCCCCC)C(O)/C=C/CCCCCCCCCCCC)OC(CO)C(O)C1O. The Morgan fingerprint density at radius 1 is 0.574 bits per heavy atom. The molecule has 11 nitrogen and oxygen atoms in total. The maximum atomic E-state index is 13.3. The highest BCUT2D eigenvalue weighted by Crippen LogP contribution is 2.26. The number of esters is 1. The number of carbonyl (C=O) groups excluding carboxylic acids is 2. The van der Waals surface area contributed by atoms with E-state index in [4.69, 9.17) is 14.2 Å². The first-order valence-corrected chi connectivity index (χ1v) is 27.9. The highest BCUT2D eigenvalue weighted by atomic mass is 16.7. The fraction of sp³-hybridized carbons (Fsp3) is 0.825. The molecular weight excluding hydrogens is 859 g/mol. The average molecular weight is 962 g/mol. The Kier molecular flexibility index (Phi) is 42.8. The van der Waals surface area contributed by atoms with Crippen molar-refractivity contribution in [2.24, 2.45) is 0 Å². The number of carbonyl (C=O) groups is 2. The van der Waals surface area contributed by atoms with Gasteiger partial charge in [0.1, 0.15) is 24.4 Å². The third-order valence-electron chi connectivity index (χ3n) is 13.0. The molecule has 0 bridgehead atoms. The van der Waals surface area contributed by atoms with Gasteiger partial charge in [-0.1, -0.05) is 217 Å². The smallest absolute Gasteiger partial charge is 0.306 e. The first kappa shape index (κ1) is 63.6. The van der Waals surface area contributed by atoms with E-state index in [1.54, 1.807) is 6.08 Å². The van der Waals surface area contributed by atoms with Crippen molar-refractivity contribution in [2.45, 2.75) is 288 Å². The summed E-state index contributed by atoms with van der Waals surface area (Å²) in [5.74, 6) is -1.22. The van der Waals surface area contributed by atoms with Gasteiger partial charge in [-0.25, -0.2) is 0 Å². The van der Waals surface area contributed by atoms with Crippen LogP contribution in [0.2, 0.25) is 0 Å². The molecule has 6 N–H and O–H groups in total. The molecule has 1 aliphatic rings. The molecule has 0 aliphatic carbocycles. The van der Waals surface area contributed by atoms with Gasteiger partial charge in [0, 0.05) is 6.42 Å². The van der Waals surface area contributed by atoms with Gasteiger partial charge >= 0.3 is 5.97 Å². The van der Waals surface area contributed by atoms with Crippen molar-refractivity contribution in [2.75, 3.05) is 13.2 Å². The van der Waals surface area contributed by atoms with E-state index in [2.05, 4.69) is 62.5 Å². The Balaban J connectivity index is 2.75. The normalized spacial score (nSPS) is 20.3. The number of allylic oxidation sites excluding steroid dienone is 7. The van der Waals surface area contributed by atoms with Gasteiger partial charge in [-0.05, 0) is 64.2 Å². The van der Waals surface area contributed by atoms with E-state index < -0.39 is 67.4 Å². The number of hydrogen-bond donors (Lipinski definition) is 6. The van der Waals surface area contributed by atoms with Gasteiger partial charge in [0.25, 0.3) is 0 Å². The van der Waals surface area contributed by atoms with Crippen LogP contribution >= 0.6 is 0 Å². The number of amides is 1. The molecular formula is C57H103NO10. The second-order valence-electron chi connectivity index (χ2n) is 19.3. The summed E-state index contributed by atoms with van der Waals surface area (Å²) < 4.78 is 17.5. The molecule has 1 aliphatic heterocycles. The maximum Gasteiger partial charge on any atom is 0.306 e. The number of ether oxygens (including phenoxy) is 3. The molecule has 1 heterocycles. The van der Waals surface area contributed by atoms with Gasteiger partial charge in [0.2, 0.25) is 5.91 Å². The van der Waals surface area contributed by atoms with Crippen LogP contribution in [0.4, 0.5) is 0 Å². The molecule has 1 rings (SSSR count). The van der Waals surface area contributed by atoms with Crippen molar-refractivity contribution < 1.29 is 49.3 Å². The molecule has 0 aromatic carbocycles. The van der Waals surface area contributed by atoms with Crippen molar-refractivity contribution in [3.8, 4) is 0 Å². The van der Waals surface area contributed by atoms with E-state index in [0.29, 0.717) is 19.3 Å². The highest BCUT2D eigenvalue weighted by Gasteiger charge is 2.47. The highest BCUT2D eigenvalue weighted by molar-refractivity contribution is 5.80. The van der Waals surface area contributed by atoms with Crippen LogP contribution in [0, 0.1) is 0 Å². The fourth-order valence-electron chi connectivity index (χ4n) is 8.48. The molecule has 0 aromatic rings. The summed E-state index contributed by atoms with van der Waals surface area (Å²) >= 11 is 0. The molecule has 8 unspecified atom stereocenters. The number of rotatable bonds is 46. The van der Waals surface area contributed by atoms with Crippen LogP contribution in [0.5, 0.6) is 0 Å². The van der Waals surface area contributed by atoms with Gasteiger partial charge < -0.3 is 45.1 Å². The minimum Gasteiger partial charge on any atom is -0.454 e. The lowest BCUT2D eigenvalue weighted by molar-refractivity contribution is -0.305. The number of aliphatic hydroxyl groups is 5. The second-order valence-corrected chi connectivity index (χ2v) is 19.3. The van der Waals surface area contributed by atoms with Gasteiger partial charge in [-0.3, -0.25) is 9.59 Å². The lowest BCUT2D eigenvalue weighted by Crippen LogP contribution is -2.61. The average Bonchev–Trinajstić information content (AvgIpc) is 3.33. The molecule has 1 fully saturated rings. The quantitative estimate of drug-likeness (QED) is 0.0196. The van der Waals surface area contributed by atoms with E-state index in [1.807, 2.05) is 6.08 Å². The van der Waals surface area contributed by atoms with Gasteiger partial charge in [0.15, 0.2) is 12.4 Å². The van der Waals surface area contributed by atoms with Crippen molar-refractivity contribution in [1.29, 1.82) is 0 Å². The predicted octanol–water partition coefficient (Wildman–Crippen LogP) is 12.1. The van der Waals surface area contributed by atoms with Crippen LogP contribution in [0.1, 0.15) is 239 Å². The monoisotopic (exact) mass is 962 g/mol. The minimum atomic E-state index is -1.62. The van der Waals surface area contributed by atoms with Crippen LogP contribution < -0.4 is 5.32 Å². The van der Waals surface area contributed by atoms with E-state index in [0.717, 1.165) is 83.5 Å². The lowest BCUT2D eigenvalue weighted by Gasteiger charge is -2.41. The lowest BCUT2D eigenvalue weighted by atomic mass is 9.99. The Morgan fingerprint density at radius 2 is 1.01 bits per heavy atom. The van der Waals surface area contributed by atoms with E-state index in [-0.39, 0.29) is 13.0 Å². The van der Waals surface area contributed by atoms with Crippen molar-refractivity contribution in [1.82, 2.24) is 5.32 Å². The van der Waals surface area contributed by atoms with Crippen molar-refractivity contribution in [3.05, 3.63) is 48.6 Å². The van der Waals surface area contributed by atoms with Crippen LogP contribution in [0.25, 0.3) is 0 Å². The molecule has 0 spiro atoms. The van der Waals surface area contributed by atoms with Gasteiger partial charge in [-0.15, -0.1) is 0 Å². The maximum absolute atomic E-state index is 13.3. The number of hydrogen-bond acceptors (Lipinski definition) is 10. The Morgan fingerprint density at radius 3 is 1.54 bits per heavy atom. The van der Waals surface area contributed by atoms with Gasteiger partial charge in [-0.2, -0.15) is 0 Å². The van der Waals surface area contributed by atoms with E-state index >= 15 is 0 Å². The number of aliphatic hydroxyl groups excluding tert-OH is 5. The minimum absolute atomic E-state index is 0.0985. The largest absolute Gasteiger partial charge is 0.454 e. The first-order valence-electron chi connectivity index (χ1n) is 27.9. The Labute approximate surface area is 415 Å². The Hall–Kier alpha value is -2.38. The summed E-state index contributed by atoms with van der Waals surface area (Å²) in [6.07, 6.45) is 43.0. The molecule has 1 saturated heterocycles. The zero-order valence-corrected chi connectivity index (χ0v) is 43.5. The van der Waals surface area contributed by atoms with Crippen molar-refractivity contribution in [3.63, 3.8) is 0 Å². The molecule has 396 valence electrons. The van der Waals surface area contributed by atoms with E-state index in [9.17, 15) is 35.1 Å². The van der Waals surface area contributed by atoms with Crippen LogP contribution in [0.3, 0.4) is 0 Å². The first-order chi connectivity index (χ1) is 33.2.